The van der Waals surface area contributed by atoms with Gasteiger partial charge in [-0.05, 0) is 128 Å². The van der Waals surface area contributed by atoms with Crippen LogP contribution in [0, 0.1) is 0 Å². The first-order valence-corrected chi connectivity index (χ1v) is 26.1. The van der Waals surface area contributed by atoms with E-state index in [0.29, 0.717) is 23.1 Å². The fourth-order valence-electron chi connectivity index (χ4n) is 12.9. The van der Waals surface area contributed by atoms with E-state index in [9.17, 15) is 0 Å². The average molecular weight is 986 g/mol. The SMILES string of the molecule is C=CC1=C(/C=C\C)c2ccccc2C12c1ccccc1-c1cc(-c3cccc(-c4ccc5oc6cccc(-c7nc(-c8cccc9c8oc8ccccc89)nc(-c8cccc9oc%10ccccc%10c89)n7)c6c5c4)c3)ccc12. The van der Waals surface area contributed by atoms with Crippen LogP contribution in [-0.4, -0.2) is 15.0 Å². The van der Waals surface area contributed by atoms with E-state index in [1.165, 1.54) is 44.5 Å². The smallest absolute Gasteiger partial charge is 0.167 e. The molecule has 10 aromatic carbocycles. The summed E-state index contributed by atoms with van der Waals surface area (Å²) in [6, 6.07) is 74.7. The van der Waals surface area contributed by atoms with E-state index in [1.807, 2.05) is 72.8 Å². The highest BCUT2D eigenvalue weighted by molar-refractivity contribution is 6.15. The average Bonchev–Trinajstić information content (AvgIpc) is 4.46. The molecular weight excluding hydrogens is 943 g/mol. The van der Waals surface area contributed by atoms with Crippen LogP contribution in [0.5, 0.6) is 0 Å². The Kier molecular flexibility index (Phi) is 9.22. The zero-order valence-corrected chi connectivity index (χ0v) is 41.7. The maximum Gasteiger partial charge on any atom is 0.167 e. The number of allylic oxidation sites excluding steroid dienone is 5. The highest BCUT2D eigenvalue weighted by atomic mass is 16.3. The maximum atomic E-state index is 6.67. The lowest BCUT2D eigenvalue weighted by atomic mass is 9.69. The molecule has 0 amide bonds. The molecule has 1 spiro atoms. The van der Waals surface area contributed by atoms with Crippen LogP contribution in [0.2, 0.25) is 0 Å². The predicted molar refractivity (Wildman–Crippen MR) is 313 cm³/mol. The lowest BCUT2D eigenvalue weighted by Crippen LogP contribution is -2.26. The van der Waals surface area contributed by atoms with Gasteiger partial charge in [0.2, 0.25) is 0 Å². The lowest BCUT2D eigenvalue weighted by molar-refractivity contribution is 0.668. The Labute approximate surface area is 442 Å². The van der Waals surface area contributed by atoms with E-state index < -0.39 is 5.41 Å². The van der Waals surface area contributed by atoms with E-state index in [-0.39, 0.29) is 0 Å². The summed E-state index contributed by atoms with van der Waals surface area (Å²) in [5, 5.41) is 5.84. The van der Waals surface area contributed by atoms with Crippen molar-refractivity contribution >= 4 is 71.4 Å². The molecule has 6 nitrogen and oxygen atoms in total. The number of benzene rings is 10. The Balaban J connectivity index is 0.848. The fraction of sp³-hybridized carbons (Fsp3) is 0.0282. The standard InChI is InChI=1S/C71H43N3O3/c1-3-17-45-46-20-5-9-28-57(46)71(56(45)4-2)58-29-10-6-21-47(58)54-39-43(34-36-59(54)71)41-18-13-19-42(38-41)44-35-37-62-55(40-44)66-52(26-16-33-64(66)76-62)69-72-68(51-25-15-32-63-65(51)50-23-8-12-31-61(50)75-63)73-70(74-69)53-27-14-24-49-48-22-7-11-30-60(48)77-67(49)53/h3-40H,2H2,1H3/b17-3-. The van der Waals surface area contributed by atoms with Crippen molar-refractivity contribution in [2.45, 2.75) is 12.3 Å². The number of furan rings is 3. The molecule has 0 fully saturated rings. The first-order valence-electron chi connectivity index (χ1n) is 26.1. The minimum Gasteiger partial charge on any atom is -0.456 e. The van der Waals surface area contributed by atoms with Crippen LogP contribution in [0.25, 0.3) is 139 Å². The van der Waals surface area contributed by atoms with Crippen molar-refractivity contribution in [3.05, 3.63) is 265 Å². The zero-order valence-electron chi connectivity index (χ0n) is 41.7. The van der Waals surface area contributed by atoms with Crippen molar-refractivity contribution in [3.8, 4) is 67.5 Å². The fourth-order valence-corrected chi connectivity index (χ4v) is 12.9. The van der Waals surface area contributed by atoms with Gasteiger partial charge >= 0.3 is 0 Å². The van der Waals surface area contributed by atoms with Gasteiger partial charge in [0, 0.05) is 43.4 Å². The molecular formula is C71H43N3O3. The summed E-state index contributed by atoms with van der Waals surface area (Å²) >= 11 is 0. The van der Waals surface area contributed by atoms with Gasteiger partial charge in [-0.15, -0.1) is 0 Å². The molecule has 4 heterocycles. The van der Waals surface area contributed by atoms with Crippen LogP contribution < -0.4 is 0 Å². The van der Waals surface area contributed by atoms with Crippen LogP contribution in [-0.2, 0) is 5.41 Å². The summed E-state index contributed by atoms with van der Waals surface area (Å²) in [7, 11) is 0. The van der Waals surface area contributed by atoms with Crippen molar-refractivity contribution in [2.24, 2.45) is 0 Å². The van der Waals surface area contributed by atoms with Crippen molar-refractivity contribution in [2.75, 3.05) is 0 Å². The van der Waals surface area contributed by atoms with Crippen molar-refractivity contribution in [1.82, 2.24) is 15.0 Å². The molecule has 360 valence electrons. The Morgan fingerprint density at radius 3 is 1.60 bits per heavy atom. The maximum absolute atomic E-state index is 6.67. The number of aromatic nitrogens is 3. The van der Waals surface area contributed by atoms with E-state index >= 15 is 0 Å². The summed E-state index contributed by atoms with van der Waals surface area (Å²) in [6.45, 7) is 6.52. The molecule has 0 radical (unpaired) electrons. The minimum atomic E-state index is -0.461. The molecule has 2 aliphatic rings. The number of nitrogens with zero attached hydrogens (tertiary/aromatic N) is 3. The van der Waals surface area contributed by atoms with Crippen LogP contribution in [0.15, 0.2) is 256 Å². The third-order valence-corrected chi connectivity index (χ3v) is 16.1. The van der Waals surface area contributed by atoms with Gasteiger partial charge in [0.05, 0.1) is 11.0 Å². The second-order valence-electron chi connectivity index (χ2n) is 20.1. The highest BCUT2D eigenvalue weighted by Crippen LogP contribution is 2.62. The Morgan fingerprint density at radius 2 is 0.870 bits per heavy atom. The Hall–Kier alpha value is -10.2. The summed E-state index contributed by atoms with van der Waals surface area (Å²) in [4.78, 5) is 16.0. The molecule has 16 rings (SSSR count). The molecule has 0 saturated heterocycles. The van der Waals surface area contributed by atoms with Gasteiger partial charge in [0.1, 0.15) is 33.5 Å². The first kappa shape index (κ1) is 43.3. The molecule has 0 N–H and O–H groups in total. The lowest BCUT2D eigenvalue weighted by Gasteiger charge is -2.31. The van der Waals surface area contributed by atoms with E-state index in [0.717, 1.165) is 99.2 Å². The van der Waals surface area contributed by atoms with Crippen molar-refractivity contribution in [1.29, 1.82) is 0 Å². The van der Waals surface area contributed by atoms with Gasteiger partial charge < -0.3 is 13.3 Å². The molecule has 14 aromatic rings. The number of hydrogen-bond acceptors (Lipinski definition) is 6. The van der Waals surface area contributed by atoms with Crippen LogP contribution in [0.1, 0.15) is 29.2 Å². The summed E-state index contributed by atoms with van der Waals surface area (Å²) in [5.74, 6) is 1.53. The zero-order chi connectivity index (χ0) is 50.9. The first-order chi connectivity index (χ1) is 38.1. The molecule has 6 heteroatoms. The van der Waals surface area contributed by atoms with Crippen molar-refractivity contribution < 1.29 is 13.3 Å². The van der Waals surface area contributed by atoms with Gasteiger partial charge in [0.15, 0.2) is 17.5 Å². The Morgan fingerprint density at radius 1 is 0.377 bits per heavy atom. The second-order valence-corrected chi connectivity index (χ2v) is 20.1. The topological polar surface area (TPSA) is 78.1 Å². The van der Waals surface area contributed by atoms with Crippen LogP contribution in [0.4, 0.5) is 0 Å². The third kappa shape index (κ3) is 6.15. The Bertz CT molecular complexity index is 4930. The van der Waals surface area contributed by atoms with Gasteiger partial charge in [-0.1, -0.05) is 183 Å². The number of hydrogen-bond donors (Lipinski definition) is 0. The minimum absolute atomic E-state index is 0.461. The molecule has 2 aliphatic carbocycles. The quantitative estimate of drug-likeness (QED) is 0.158. The summed E-state index contributed by atoms with van der Waals surface area (Å²) < 4.78 is 19.7. The van der Waals surface area contributed by atoms with E-state index in [1.54, 1.807) is 0 Å². The monoisotopic (exact) mass is 985 g/mol. The molecule has 1 unspecified atom stereocenters. The van der Waals surface area contributed by atoms with E-state index in [4.69, 9.17) is 28.2 Å². The van der Waals surface area contributed by atoms with Gasteiger partial charge in [-0.25, -0.2) is 15.0 Å². The molecule has 0 aliphatic heterocycles. The molecule has 0 bridgehead atoms. The normalized spacial score (nSPS) is 14.8. The summed E-state index contributed by atoms with van der Waals surface area (Å²) in [5.41, 5.74) is 21.1. The molecule has 77 heavy (non-hydrogen) atoms. The number of rotatable bonds is 7. The highest BCUT2D eigenvalue weighted by Gasteiger charge is 2.51. The third-order valence-electron chi connectivity index (χ3n) is 16.1. The van der Waals surface area contributed by atoms with Crippen LogP contribution in [0.3, 0.4) is 0 Å². The van der Waals surface area contributed by atoms with Gasteiger partial charge in [-0.2, -0.15) is 0 Å². The summed E-state index contributed by atoms with van der Waals surface area (Å²) in [6.07, 6.45) is 6.46. The van der Waals surface area contributed by atoms with Crippen LogP contribution >= 0.6 is 0 Å². The van der Waals surface area contributed by atoms with Gasteiger partial charge in [0.25, 0.3) is 0 Å². The number of fused-ring (bicyclic) bond motifs is 16. The molecule has 4 aromatic heterocycles. The van der Waals surface area contributed by atoms with Crippen molar-refractivity contribution in [3.63, 3.8) is 0 Å². The largest absolute Gasteiger partial charge is 0.456 e. The molecule has 1 atom stereocenters. The van der Waals surface area contributed by atoms with E-state index in [2.05, 4.69) is 171 Å². The predicted octanol–water partition coefficient (Wildman–Crippen LogP) is 18.7. The van der Waals surface area contributed by atoms with Gasteiger partial charge in [-0.3, -0.25) is 0 Å². The second kappa shape index (κ2) is 16.4. The molecule has 0 saturated carbocycles. The number of para-hydroxylation sites is 3.